The van der Waals surface area contributed by atoms with Crippen LogP contribution in [0.15, 0.2) is 49.6 Å². The van der Waals surface area contributed by atoms with E-state index in [4.69, 9.17) is 16.3 Å². The zero-order chi connectivity index (χ0) is 12.9. The molecule has 1 aromatic rings. The number of ether oxygens (including phenoxy) is 1. The van der Waals surface area contributed by atoms with Gasteiger partial charge in [0.1, 0.15) is 12.0 Å². The Morgan fingerprint density at radius 2 is 2.00 bits per heavy atom. The summed E-state index contributed by atoms with van der Waals surface area (Å²) in [6, 6.07) is 7.05. The van der Waals surface area contributed by atoms with Crippen molar-refractivity contribution in [3.63, 3.8) is 0 Å². The molecule has 0 saturated heterocycles. The predicted molar refractivity (Wildman–Crippen MR) is 70.2 cm³/mol. The van der Waals surface area contributed by atoms with Crippen molar-refractivity contribution >= 4 is 17.6 Å². The molecule has 0 heterocycles. The van der Waals surface area contributed by atoms with Crippen LogP contribution in [0.25, 0.3) is 0 Å². The first kappa shape index (κ1) is 13.5. The van der Waals surface area contributed by atoms with Crippen molar-refractivity contribution in [1.82, 2.24) is 0 Å². The molecule has 0 bridgehead atoms. The first-order chi connectivity index (χ1) is 8.04. The lowest BCUT2D eigenvalue weighted by atomic mass is 9.83. The second-order valence-electron chi connectivity index (χ2n) is 3.80. The Balaban J connectivity index is 3.02. The summed E-state index contributed by atoms with van der Waals surface area (Å²) < 4.78 is 5.07. The lowest BCUT2D eigenvalue weighted by molar-refractivity contribution is -0.146. The van der Waals surface area contributed by atoms with Gasteiger partial charge in [0.15, 0.2) is 0 Å². The van der Waals surface area contributed by atoms with Gasteiger partial charge < -0.3 is 4.74 Å². The Morgan fingerprint density at radius 3 is 2.47 bits per heavy atom. The van der Waals surface area contributed by atoms with E-state index in [0.29, 0.717) is 5.02 Å². The highest BCUT2D eigenvalue weighted by atomic mass is 35.5. The van der Waals surface area contributed by atoms with Crippen LogP contribution >= 0.6 is 11.6 Å². The molecule has 0 aromatic heterocycles. The normalized spacial score (nSPS) is 13.5. The van der Waals surface area contributed by atoms with Crippen LogP contribution < -0.4 is 0 Å². The molecule has 3 heteroatoms. The van der Waals surface area contributed by atoms with Crippen molar-refractivity contribution in [2.75, 3.05) is 6.61 Å². The molecule has 1 aromatic carbocycles. The Hall–Kier alpha value is -1.54. The number of halogens is 1. The molecule has 0 N–H and O–H groups in total. The van der Waals surface area contributed by atoms with Crippen LogP contribution in [0.3, 0.4) is 0 Å². The van der Waals surface area contributed by atoms with Gasteiger partial charge in [-0.3, -0.25) is 4.79 Å². The smallest absolute Gasteiger partial charge is 0.320 e. The molecule has 0 fully saturated rings. The molecule has 0 aliphatic carbocycles. The molecule has 0 aliphatic heterocycles. The monoisotopic (exact) mass is 250 g/mol. The first-order valence-corrected chi connectivity index (χ1v) is 5.60. The third-order valence-electron chi connectivity index (χ3n) is 2.61. The number of carbonyl (C=O) groups excluding carboxylic acids is 1. The van der Waals surface area contributed by atoms with Crippen LogP contribution in [0.5, 0.6) is 0 Å². The number of esters is 1. The predicted octanol–water partition coefficient (Wildman–Crippen LogP) is 3.51. The van der Waals surface area contributed by atoms with Gasteiger partial charge in [-0.2, -0.15) is 0 Å². The molecule has 1 atom stereocenters. The van der Waals surface area contributed by atoms with Gasteiger partial charge in [-0.15, -0.1) is 6.58 Å². The topological polar surface area (TPSA) is 26.3 Å². The summed E-state index contributed by atoms with van der Waals surface area (Å²) >= 11 is 5.81. The van der Waals surface area contributed by atoms with Gasteiger partial charge in [0.05, 0.1) is 0 Å². The molecule has 0 radical (unpaired) electrons. The molecule has 17 heavy (non-hydrogen) atoms. The van der Waals surface area contributed by atoms with Crippen LogP contribution in [0.1, 0.15) is 12.5 Å². The van der Waals surface area contributed by atoms with Crippen molar-refractivity contribution in [3.8, 4) is 0 Å². The number of hydrogen-bond donors (Lipinski definition) is 0. The van der Waals surface area contributed by atoms with Gasteiger partial charge >= 0.3 is 5.97 Å². The van der Waals surface area contributed by atoms with E-state index >= 15 is 0 Å². The molecule has 0 saturated carbocycles. The zero-order valence-electron chi connectivity index (χ0n) is 9.78. The van der Waals surface area contributed by atoms with Crippen LogP contribution in [-0.2, 0) is 14.9 Å². The summed E-state index contributed by atoms with van der Waals surface area (Å²) in [7, 11) is 0. The number of hydrogen-bond acceptors (Lipinski definition) is 2. The third kappa shape index (κ3) is 2.98. The van der Waals surface area contributed by atoms with E-state index in [2.05, 4.69) is 13.2 Å². The average molecular weight is 251 g/mol. The van der Waals surface area contributed by atoms with E-state index < -0.39 is 5.41 Å². The number of benzene rings is 1. The molecule has 0 amide bonds. The largest absolute Gasteiger partial charge is 0.461 e. The Labute approximate surface area is 107 Å². The summed E-state index contributed by atoms with van der Waals surface area (Å²) in [5.41, 5.74) is -0.0703. The molecule has 1 rings (SSSR count). The van der Waals surface area contributed by atoms with E-state index in [9.17, 15) is 4.79 Å². The van der Waals surface area contributed by atoms with E-state index in [-0.39, 0.29) is 12.6 Å². The maximum atomic E-state index is 12.0. The Kier molecular flexibility index (Phi) is 4.53. The van der Waals surface area contributed by atoms with Gasteiger partial charge in [-0.05, 0) is 24.6 Å². The van der Waals surface area contributed by atoms with Gasteiger partial charge in [0, 0.05) is 5.02 Å². The lowest BCUT2D eigenvalue weighted by Gasteiger charge is -2.23. The van der Waals surface area contributed by atoms with Crippen molar-refractivity contribution in [2.45, 2.75) is 12.3 Å². The molecule has 90 valence electrons. The van der Waals surface area contributed by atoms with Crippen molar-refractivity contribution in [2.24, 2.45) is 0 Å². The molecule has 0 aliphatic rings. The van der Waals surface area contributed by atoms with Crippen LogP contribution in [0.2, 0.25) is 5.02 Å². The summed E-state index contributed by atoms with van der Waals surface area (Å²) in [5.74, 6) is -0.352. The zero-order valence-corrected chi connectivity index (χ0v) is 10.5. The second-order valence-corrected chi connectivity index (χ2v) is 4.24. The fourth-order valence-corrected chi connectivity index (χ4v) is 1.53. The summed E-state index contributed by atoms with van der Waals surface area (Å²) in [4.78, 5) is 12.0. The van der Waals surface area contributed by atoms with E-state index in [1.165, 1.54) is 6.08 Å². The molecular weight excluding hydrogens is 236 g/mol. The van der Waals surface area contributed by atoms with E-state index in [1.54, 1.807) is 37.3 Å². The van der Waals surface area contributed by atoms with Gasteiger partial charge in [-0.25, -0.2) is 0 Å². The number of carbonyl (C=O) groups is 1. The highest BCUT2D eigenvalue weighted by molar-refractivity contribution is 6.30. The third-order valence-corrected chi connectivity index (χ3v) is 2.86. The van der Waals surface area contributed by atoms with Crippen LogP contribution in [0.4, 0.5) is 0 Å². The first-order valence-electron chi connectivity index (χ1n) is 5.22. The van der Waals surface area contributed by atoms with Crippen molar-refractivity contribution in [1.29, 1.82) is 0 Å². The fraction of sp³-hybridized carbons (Fsp3) is 0.214. The van der Waals surface area contributed by atoms with E-state index in [0.717, 1.165) is 5.56 Å². The minimum atomic E-state index is -0.867. The molecule has 0 spiro atoms. The minimum absolute atomic E-state index is 0.190. The maximum absolute atomic E-state index is 12.0. The second kappa shape index (κ2) is 5.69. The molecule has 2 nitrogen and oxygen atoms in total. The molecule has 0 unspecified atom stereocenters. The minimum Gasteiger partial charge on any atom is -0.461 e. The highest BCUT2D eigenvalue weighted by Crippen LogP contribution is 2.27. The van der Waals surface area contributed by atoms with Crippen LogP contribution in [0, 0.1) is 0 Å². The number of rotatable bonds is 5. The van der Waals surface area contributed by atoms with Crippen molar-refractivity contribution < 1.29 is 9.53 Å². The Bertz CT molecular complexity index is 422. The SMILES string of the molecule is C=CCOC(=O)[C@@](C)(C=C)c1ccc(Cl)cc1. The van der Waals surface area contributed by atoms with Gasteiger partial charge in [-0.1, -0.05) is 42.5 Å². The molecular formula is C14H15ClO2. The summed E-state index contributed by atoms with van der Waals surface area (Å²) in [5, 5.41) is 0.625. The Morgan fingerprint density at radius 1 is 1.41 bits per heavy atom. The highest BCUT2D eigenvalue weighted by Gasteiger charge is 2.33. The average Bonchev–Trinajstić information content (AvgIpc) is 2.35. The van der Waals surface area contributed by atoms with Crippen molar-refractivity contribution in [3.05, 3.63) is 60.2 Å². The van der Waals surface area contributed by atoms with Gasteiger partial charge in [0.25, 0.3) is 0 Å². The van der Waals surface area contributed by atoms with Crippen LogP contribution in [-0.4, -0.2) is 12.6 Å². The quantitative estimate of drug-likeness (QED) is 0.591. The van der Waals surface area contributed by atoms with Gasteiger partial charge in [0.2, 0.25) is 0 Å². The fourth-order valence-electron chi connectivity index (χ4n) is 1.40. The lowest BCUT2D eigenvalue weighted by Crippen LogP contribution is -2.32. The van der Waals surface area contributed by atoms with E-state index in [1.807, 2.05) is 0 Å². The standard InChI is InChI=1S/C14H15ClO2/c1-4-10-17-13(16)14(3,5-2)11-6-8-12(15)9-7-11/h4-9H,1-2,10H2,3H3/t14-/m0/s1. The summed E-state index contributed by atoms with van der Waals surface area (Å²) in [6.45, 7) is 9.15. The summed E-state index contributed by atoms with van der Waals surface area (Å²) in [6.07, 6.45) is 3.10. The maximum Gasteiger partial charge on any atom is 0.320 e.